The highest BCUT2D eigenvalue weighted by atomic mass is 16.5. The number of hydrogen-bond donors (Lipinski definition) is 2. The molecule has 5 heteroatoms. The van der Waals surface area contributed by atoms with E-state index in [2.05, 4.69) is 17.1 Å². The largest absolute Gasteiger partial charge is 0.377 e. The third kappa shape index (κ3) is 3.68. The zero-order valence-corrected chi connectivity index (χ0v) is 12.0. The molecule has 110 valence electrons. The molecule has 2 rings (SSSR count). The van der Waals surface area contributed by atoms with E-state index in [1.54, 1.807) is 0 Å². The van der Waals surface area contributed by atoms with E-state index in [0.717, 1.165) is 64.9 Å². The lowest BCUT2D eigenvalue weighted by Gasteiger charge is -2.40. The molecule has 1 atom stereocenters. The lowest BCUT2D eigenvalue weighted by atomic mass is 9.86. The van der Waals surface area contributed by atoms with Gasteiger partial charge in [-0.2, -0.15) is 0 Å². The highest BCUT2D eigenvalue weighted by molar-refractivity contribution is 5.84. The van der Waals surface area contributed by atoms with Crippen LogP contribution >= 0.6 is 0 Å². The van der Waals surface area contributed by atoms with Gasteiger partial charge in [-0.25, -0.2) is 0 Å². The van der Waals surface area contributed by atoms with Crippen LogP contribution in [0.1, 0.15) is 39.0 Å². The average Bonchev–Trinajstić information content (AvgIpc) is 2.91. The highest BCUT2D eigenvalue weighted by Crippen LogP contribution is 2.23. The Labute approximate surface area is 115 Å². The molecule has 2 aliphatic rings. The van der Waals surface area contributed by atoms with E-state index in [1.807, 2.05) is 0 Å². The van der Waals surface area contributed by atoms with Crippen LogP contribution in [0.4, 0.5) is 0 Å². The quantitative estimate of drug-likeness (QED) is 0.736. The minimum atomic E-state index is -0.518. The number of rotatable bonds is 6. The summed E-state index contributed by atoms with van der Waals surface area (Å²) in [6, 6.07) is 0. The molecule has 2 aliphatic heterocycles. The highest BCUT2D eigenvalue weighted by Gasteiger charge is 2.39. The van der Waals surface area contributed by atoms with Crippen molar-refractivity contribution < 1.29 is 9.53 Å². The molecule has 2 fully saturated rings. The van der Waals surface area contributed by atoms with Crippen molar-refractivity contribution in [1.29, 1.82) is 0 Å². The summed E-state index contributed by atoms with van der Waals surface area (Å²) < 4.78 is 5.60. The summed E-state index contributed by atoms with van der Waals surface area (Å²) in [7, 11) is 0. The third-order valence-corrected chi connectivity index (χ3v) is 4.41. The van der Waals surface area contributed by atoms with Crippen molar-refractivity contribution >= 4 is 5.91 Å². The number of primary amides is 1. The molecule has 0 saturated carbocycles. The maximum atomic E-state index is 11.8. The number of ether oxygens (including phenoxy) is 1. The van der Waals surface area contributed by atoms with Gasteiger partial charge in [0.15, 0.2) is 0 Å². The van der Waals surface area contributed by atoms with Crippen molar-refractivity contribution in [2.45, 2.75) is 50.7 Å². The minimum Gasteiger partial charge on any atom is -0.377 e. The first kappa shape index (κ1) is 14.8. The molecule has 0 aromatic heterocycles. The number of likely N-dealkylation sites (tertiary alicyclic amines) is 1. The number of hydrogen-bond acceptors (Lipinski definition) is 4. The smallest absolute Gasteiger partial charge is 0.237 e. The maximum Gasteiger partial charge on any atom is 0.237 e. The molecule has 3 N–H and O–H groups in total. The Bertz CT molecular complexity index is 295. The fourth-order valence-electron chi connectivity index (χ4n) is 3.10. The molecule has 1 unspecified atom stereocenters. The van der Waals surface area contributed by atoms with Gasteiger partial charge in [-0.15, -0.1) is 0 Å². The van der Waals surface area contributed by atoms with E-state index < -0.39 is 5.54 Å². The minimum absolute atomic E-state index is 0.207. The van der Waals surface area contributed by atoms with Crippen LogP contribution in [0.25, 0.3) is 0 Å². The van der Waals surface area contributed by atoms with E-state index in [0.29, 0.717) is 0 Å². The van der Waals surface area contributed by atoms with Crippen molar-refractivity contribution in [1.82, 2.24) is 10.2 Å². The predicted molar refractivity (Wildman–Crippen MR) is 74.9 cm³/mol. The number of nitrogens with one attached hydrogen (secondary N) is 1. The zero-order chi connectivity index (χ0) is 13.7. The summed E-state index contributed by atoms with van der Waals surface area (Å²) in [4.78, 5) is 14.3. The number of nitrogens with two attached hydrogens (primary N) is 1. The summed E-state index contributed by atoms with van der Waals surface area (Å²) >= 11 is 0. The van der Waals surface area contributed by atoms with Crippen molar-refractivity contribution in [3.05, 3.63) is 0 Å². The monoisotopic (exact) mass is 269 g/mol. The summed E-state index contributed by atoms with van der Waals surface area (Å²) in [5.74, 6) is -0.207. The number of carbonyl (C=O) groups excluding carboxylic acids is 1. The van der Waals surface area contributed by atoms with E-state index in [9.17, 15) is 4.79 Å². The number of amides is 1. The first-order valence-corrected chi connectivity index (χ1v) is 7.55. The lowest BCUT2D eigenvalue weighted by molar-refractivity contribution is -0.126. The Kier molecular flexibility index (Phi) is 5.19. The average molecular weight is 269 g/mol. The summed E-state index contributed by atoms with van der Waals surface area (Å²) in [6.07, 6.45) is 5.26. The third-order valence-electron chi connectivity index (χ3n) is 4.41. The molecule has 1 amide bonds. The number of piperidine rings is 1. The van der Waals surface area contributed by atoms with Gasteiger partial charge >= 0.3 is 0 Å². The molecular weight excluding hydrogens is 242 g/mol. The molecule has 5 nitrogen and oxygen atoms in total. The van der Waals surface area contributed by atoms with Crippen LogP contribution in [0.3, 0.4) is 0 Å². The van der Waals surface area contributed by atoms with Gasteiger partial charge < -0.3 is 20.7 Å². The Morgan fingerprint density at radius 3 is 2.74 bits per heavy atom. The zero-order valence-electron chi connectivity index (χ0n) is 12.0. The van der Waals surface area contributed by atoms with Crippen molar-refractivity contribution in [2.24, 2.45) is 5.73 Å². The molecular formula is C14H27N3O2. The predicted octanol–water partition coefficient (Wildman–Crippen LogP) is 0.485. The van der Waals surface area contributed by atoms with Crippen LogP contribution in [0.15, 0.2) is 0 Å². The molecule has 0 bridgehead atoms. The molecule has 0 radical (unpaired) electrons. The molecule has 0 aromatic carbocycles. The van der Waals surface area contributed by atoms with Gasteiger partial charge in [-0.05, 0) is 38.6 Å². The van der Waals surface area contributed by atoms with E-state index in [1.165, 1.54) is 0 Å². The van der Waals surface area contributed by atoms with Gasteiger partial charge in [-0.3, -0.25) is 4.79 Å². The van der Waals surface area contributed by atoms with Gasteiger partial charge in [0.25, 0.3) is 0 Å². The molecule has 0 aromatic rings. The van der Waals surface area contributed by atoms with Crippen LogP contribution in [-0.4, -0.2) is 55.2 Å². The van der Waals surface area contributed by atoms with E-state index in [-0.39, 0.29) is 12.0 Å². The Balaban J connectivity index is 1.86. The van der Waals surface area contributed by atoms with E-state index in [4.69, 9.17) is 10.5 Å². The van der Waals surface area contributed by atoms with Crippen LogP contribution in [-0.2, 0) is 9.53 Å². The van der Waals surface area contributed by atoms with Crippen molar-refractivity contribution in [2.75, 3.05) is 32.8 Å². The Morgan fingerprint density at radius 2 is 2.21 bits per heavy atom. The topological polar surface area (TPSA) is 67.6 Å². The SMILES string of the molecule is CCCN1CCC(NCC2CCCO2)(C(N)=O)CC1. The fraction of sp³-hybridized carbons (Fsp3) is 0.929. The summed E-state index contributed by atoms with van der Waals surface area (Å²) in [5, 5.41) is 3.41. The van der Waals surface area contributed by atoms with Gasteiger partial charge in [0.05, 0.1) is 6.10 Å². The van der Waals surface area contributed by atoms with Gasteiger partial charge in [-0.1, -0.05) is 6.92 Å². The second-order valence-electron chi connectivity index (χ2n) is 5.80. The van der Waals surface area contributed by atoms with Crippen LogP contribution in [0, 0.1) is 0 Å². The molecule has 2 heterocycles. The molecule has 0 aliphatic carbocycles. The van der Waals surface area contributed by atoms with Crippen molar-refractivity contribution in [3.8, 4) is 0 Å². The lowest BCUT2D eigenvalue weighted by Crippen LogP contribution is -2.62. The van der Waals surface area contributed by atoms with Gasteiger partial charge in [0.2, 0.25) is 5.91 Å². The molecule has 0 spiro atoms. The first-order chi connectivity index (χ1) is 9.16. The van der Waals surface area contributed by atoms with Crippen LogP contribution in [0.2, 0.25) is 0 Å². The molecule has 2 saturated heterocycles. The second kappa shape index (κ2) is 6.68. The first-order valence-electron chi connectivity index (χ1n) is 7.55. The Hall–Kier alpha value is -0.650. The summed E-state index contributed by atoms with van der Waals surface area (Å²) in [6.45, 7) is 6.80. The maximum absolute atomic E-state index is 11.8. The molecule has 19 heavy (non-hydrogen) atoms. The van der Waals surface area contributed by atoms with Crippen LogP contribution in [0.5, 0.6) is 0 Å². The standard InChI is InChI=1S/C14H27N3O2/c1-2-7-17-8-5-14(6-9-17,13(15)18)16-11-12-4-3-10-19-12/h12,16H,2-11H2,1H3,(H2,15,18). The van der Waals surface area contributed by atoms with Gasteiger partial charge in [0, 0.05) is 26.2 Å². The fourth-order valence-corrected chi connectivity index (χ4v) is 3.10. The van der Waals surface area contributed by atoms with Crippen molar-refractivity contribution in [3.63, 3.8) is 0 Å². The van der Waals surface area contributed by atoms with Crippen LogP contribution < -0.4 is 11.1 Å². The summed E-state index contributed by atoms with van der Waals surface area (Å²) in [5.41, 5.74) is 5.13. The van der Waals surface area contributed by atoms with E-state index >= 15 is 0 Å². The van der Waals surface area contributed by atoms with Gasteiger partial charge in [0.1, 0.15) is 5.54 Å². The number of carbonyl (C=O) groups is 1. The Morgan fingerprint density at radius 1 is 1.47 bits per heavy atom. The number of nitrogens with zero attached hydrogens (tertiary/aromatic N) is 1. The second-order valence-corrected chi connectivity index (χ2v) is 5.80. The normalized spacial score (nSPS) is 27.5.